The number of aromatic nitrogens is 3. The van der Waals surface area contributed by atoms with E-state index < -0.39 is 17.9 Å². The molecule has 2 aliphatic rings. The molecule has 0 amide bonds. The second kappa shape index (κ2) is 4.34. The summed E-state index contributed by atoms with van der Waals surface area (Å²) in [6.07, 6.45) is -1.72. The summed E-state index contributed by atoms with van der Waals surface area (Å²) in [7, 11) is 0. The van der Waals surface area contributed by atoms with Crippen LogP contribution in [0.15, 0.2) is 30.3 Å². The molecule has 4 rings (SSSR count). The van der Waals surface area contributed by atoms with Gasteiger partial charge in [-0.15, -0.1) is 0 Å². The topological polar surface area (TPSA) is 50.9 Å². The van der Waals surface area contributed by atoms with E-state index in [9.17, 15) is 13.9 Å². The lowest BCUT2D eigenvalue weighted by atomic mass is 10.0. The van der Waals surface area contributed by atoms with Crippen LogP contribution in [0, 0.1) is 0 Å². The summed E-state index contributed by atoms with van der Waals surface area (Å²) in [6.45, 7) is 0. The van der Waals surface area contributed by atoms with Crippen molar-refractivity contribution in [1.82, 2.24) is 14.8 Å². The molecule has 110 valence electrons. The highest BCUT2D eigenvalue weighted by Gasteiger charge is 2.53. The molecule has 3 atom stereocenters. The van der Waals surface area contributed by atoms with E-state index in [1.807, 2.05) is 30.3 Å². The van der Waals surface area contributed by atoms with Crippen molar-refractivity contribution in [2.45, 2.75) is 43.2 Å². The lowest BCUT2D eigenvalue weighted by Gasteiger charge is -2.13. The first kappa shape index (κ1) is 12.9. The predicted octanol–water partition coefficient (Wildman–Crippen LogP) is 2.82. The third kappa shape index (κ3) is 1.97. The fraction of sp³-hybridized carbons (Fsp3) is 0.467. The van der Waals surface area contributed by atoms with Gasteiger partial charge in [0.25, 0.3) is 0 Å². The maximum absolute atomic E-state index is 14.1. The first-order valence-corrected chi connectivity index (χ1v) is 7.11. The summed E-state index contributed by atoms with van der Waals surface area (Å²) in [5.41, 5.74) is -0.692. The van der Waals surface area contributed by atoms with E-state index in [2.05, 4.69) is 10.1 Å². The van der Waals surface area contributed by atoms with Crippen LogP contribution in [-0.4, -0.2) is 25.5 Å². The van der Waals surface area contributed by atoms with Crippen LogP contribution in [-0.2, 0) is 0 Å². The normalized spacial score (nSPS) is 27.4. The van der Waals surface area contributed by atoms with Crippen LogP contribution < -0.4 is 0 Å². The minimum atomic E-state index is -1.63. The first-order valence-electron chi connectivity index (χ1n) is 7.11. The molecule has 0 bridgehead atoms. The number of nitrogens with zero attached hydrogens (tertiary/aromatic N) is 3. The fourth-order valence-corrected chi connectivity index (χ4v) is 2.89. The van der Waals surface area contributed by atoms with Crippen molar-refractivity contribution in [1.29, 1.82) is 0 Å². The summed E-state index contributed by atoms with van der Waals surface area (Å²) < 4.78 is 29.6. The van der Waals surface area contributed by atoms with Crippen molar-refractivity contribution >= 4 is 0 Å². The second-order valence-corrected chi connectivity index (χ2v) is 5.84. The van der Waals surface area contributed by atoms with Crippen LogP contribution in [0.4, 0.5) is 8.78 Å². The number of rotatable bonds is 3. The average molecular weight is 291 g/mol. The number of aliphatic hydroxyl groups is 1. The standard InChI is InChI=1S/C15H15F2N3O/c16-10-8-11(9-4-2-1-3-5-9)20-14(10)18-13(19-20)12(21)15(17)6-7-15/h1-5,10-12,21H,6-8H2/t10-,11-,12?/m0/s1. The highest BCUT2D eigenvalue weighted by atomic mass is 19.1. The van der Waals surface area contributed by atoms with Crippen molar-refractivity contribution in [2.24, 2.45) is 0 Å². The number of benzene rings is 1. The van der Waals surface area contributed by atoms with Gasteiger partial charge in [0.2, 0.25) is 0 Å². The quantitative estimate of drug-likeness (QED) is 0.946. The Bertz CT molecular complexity index is 669. The molecule has 2 aromatic rings. The summed E-state index contributed by atoms with van der Waals surface area (Å²) in [5, 5.41) is 14.2. The van der Waals surface area contributed by atoms with Gasteiger partial charge < -0.3 is 5.11 Å². The van der Waals surface area contributed by atoms with Gasteiger partial charge in [-0.25, -0.2) is 18.4 Å². The molecule has 6 heteroatoms. The molecular weight excluding hydrogens is 276 g/mol. The van der Waals surface area contributed by atoms with Gasteiger partial charge in [0.1, 0.15) is 11.8 Å². The number of aliphatic hydroxyl groups excluding tert-OH is 1. The highest BCUT2D eigenvalue weighted by molar-refractivity contribution is 5.24. The summed E-state index contributed by atoms with van der Waals surface area (Å²) in [5.74, 6) is 0.176. The molecule has 1 fully saturated rings. The monoisotopic (exact) mass is 291 g/mol. The van der Waals surface area contributed by atoms with Crippen molar-refractivity contribution < 1.29 is 13.9 Å². The van der Waals surface area contributed by atoms with Gasteiger partial charge in [-0.1, -0.05) is 30.3 Å². The summed E-state index contributed by atoms with van der Waals surface area (Å²) in [4.78, 5) is 4.04. The Morgan fingerprint density at radius 3 is 2.67 bits per heavy atom. The molecule has 0 saturated heterocycles. The van der Waals surface area contributed by atoms with Crippen molar-refractivity contribution in [2.75, 3.05) is 0 Å². The van der Waals surface area contributed by atoms with Gasteiger partial charge in [0.05, 0.1) is 6.04 Å². The van der Waals surface area contributed by atoms with Crippen molar-refractivity contribution in [3.05, 3.63) is 47.5 Å². The van der Waals surface area contributed by atoms with E-state index in [1.165, 1.54) is 4.68 Å². The van der Waals surface area contributed by atoms with Gasteiger partial charge in [0, 0.05) is 6.42 Å². The largest absolute Gasteiger partial charge is 0.382 e. The molecule has 1 aliphatic carbocycles. The molecular formula is C15H15F2N3O. The molecule has 1 aliphatic heterocycles. The molecule has 1 aromatic carbocycles. The van der Waals surface area contributed by atoms with Gasteiger partial charge in [0.15, 0.2) is 17.8 Å². The minimum Gasteiger partial charge on any atom is -0.382 e. The van der Waals surface area contributed by atoms with E-state index in [4.69, 9.17) is 0 Å². The average Bonchev–Trinajstić information content (AvgIpc) is 2.98. The Hall–Kier alpha value is -1.82. The molecule has 4 nitrogen and oxygen atoms in total. The van der Waals surface area contributed by atoms with Crippen LogP contribution >= 0.6 is 0 Å². The van der Waals surface area contributed by atoms with Crippen LogP contribution in [0.1, 0.15) is 54.8 Å². The zero-order valence-electron chi connectivity index (χ0n) is 11.3. The highest BCUT2D eigenvalue weighted by Crippen LogP contribution is 2.49. The predicted molar refractivity (Wildman–Crippen MR) is 71.1 cm³/mol. The van der Waals surface area contributed by atoms with Crippen molar-refractivity contribution in [3.63, 3.8) is 0 Å². The minimum absolute atomic E-state index is 0.00622. The SMILES string of the molecule is OC(c1nc2n(n1)[C@H](c1ccccc1)C[C@@H]2F)C1(F)CC1. The Labute approximate surface area is 120 Å². The van der Waals surface area contributed by atoms with E-state index >= 15 is 0 Å². The molecule has 1 N–H and O–H groups in total. The van der Waals surface area contributed by atoms with Crippen molar-refractivity contribution in [3.8, 4) is 0 Å². The van der Waals surface area contributed by atoms with Crippen LogP contribution in [0.3, 0.4) is 0 Å². The van der Waals surface area contributed by atoms with Gasteiger partial charge in [-0.05, 0) is 18.4 Å². The molecule has 1 unspecified atom stereocenters. The molecule has 21 heavy (non-hydrogen) atoms. The van der Waals surface area contributed by atoms with E-state index in [-0.39, 0.29) is 24.1 Å². The molecule has 2 heterocycles. The van der Waals surface area contributed by atoms with Gasteiger partial charge >= 0.3 is 0 Å². The van der Waals surface area contributed by atoms with Crippen LogP contribution in [0.5, 0.6) is 0 Å². The van der Waals surface area contributed by atoms with Crippen LogP contribution in [0.2, 0.25) is 0 Å². The van der Waals surface area contributed by atoms with E-state index in [1.54, 1.807) is 0 Å². The first-order chi connectivity index (χ1) is 10.1. The third-order valence-corrected chi connectivity index (χ3v) is 4.33. The maximum atomic E-state index is 14.1. The number of hydrogen-bond donors (Lipinski definition) is 1. The second-order valence-electron chi connectivity index (χ2n) is 5.84. The Kier molecular flexibility index (Phi) is 2.66. The molecule has 1 saturated carbocycles. The summed E-state index contributed by atoms with van der Waals surface area (Å²) in [6, 6.07) is 9.22. The summed E-state index contributed by atoms with van der Waals surface area (Å²) >= 11 is 0. The van der Waals surface area contributed by atoms with Crippen LogP contribution in [0.25, 0.3) is 0 Å². The Balaban J connectivity index is 1.71. The number of halogens is 2. The lowest BCUT2D eigenvalue weighted by molar-refractivity contribution is 0.0533. The molecule has 1 aromatic heterocycles. The molecule has 0 spiro atoms. The fourth-order valence-electron chi connectivity index (χ4n) is 2.89. The van der Waals surface area contributed by atoms with E-state index in [0.717, 1.165) is 5.56 Å². The number of hydrogen-bond acceptors (Lipinski definition) is 3. The third-order valence-electron chi connectivity index (χ3n) is 4.33. The zero-order chi connectivity index (χ0) is 14.6. The number of alkyl halides is 2. The Morgan fingerprint density at radius 2 is 2.00 bits per heavy atom. The lowest BCUT2D eigenvalue weighted by Crippen LogP contribution is -2.17. The maximum Gasteiger partial charge on any atom is 0.182 e. The number of fused-ring (bicyclic) bond motifs is 1. The zero-order valence-corrected chi connectivity index (χ0v) is 11.3. The molecule has 0 radical (unpaired) electrons. The van der Waals surface area contributed by atoms with Gasteiger partial charge in [-0.2, -0.15) is 5.10 Å². The van der Waals surface area contributed by atoms with E-state index in [0.29, 0.717) is 12.8 Å². The Morgan fingerprint density at radius 1 is 1.29 bits per heavy atom. The van der Waals surface area contributed by atoms with Gasteiger partial charge in [-0.3, -0.25) is 0 Å². The smallest absolute Gasteiger partial charge is 0.182 e.